The lowest BCUT2D eigenvalue weighted by Gasteiger charge is -2.30. The van der Waals surface area contributed by atoms with E-state index >= 15 is 0 Å². The van der Waals surface area contributed by atoms with E-state index in [1.165, 1.54) is 10.8 Å². The zero-order chi connectivity index (χ0) is 21.1. The van der Waals surface area contributed by atoms with Gasteiger partial charge in [0.1, 0.15) is 11.4 Å². The van der Waals surface area contributed by atoms with Crippen LogP contribution in [0.2, 0.25) is 0 Å². The molecule has 1 aliphatic rings. The number of aryl methyl sites for hydroxylation is 1. The van der Waals surface area contributed by atoms with Gasteiger partial charge in [0, 0.05) is 37.8 Å². The Morgan fingerprint density at radius 3 is 2.67 bits per heavy atom. The molecule has 3 aromatic rings. The van der Waals surface area contributed by atoms with Crippen molar-refractivity contribution in [2.75, 3.05) is 13.1 Å². The first-order valence-electron chi connectivity index (χ1n) is 10.3. The summed E-state index contributed by atoms with van der Waals surface area (Å²) in [6, 6.07) is 9.40. The summed E-state index contributed by atoms with van der Waals surface area (Å²) in [5.74, 6) is 1.81. The van der Waals surface area contributed by atoms with Gasteiger partial charge in [-0.1, -0.05) is 42.4 Å². The molecular weight excluding hydrogens is 382 g/mol. The van der Waals surface area contributed by atoms with E-state index in [9.17, 15) is 9.59 Å². The van der Waals surface area contributed by atoms with Gasteiger partial charge < -0.3 is 9.42 Å². The third-order valence-electron chi connectivity index (χ3n) is 5.62. The van der Waals surface area contributed by atoms with E-state index in [0.29, 0.717) is 17.6 Å². The molecular formula is C22H25N5O3. The average molecular weight is 407 g/mol. The van der Waals surface area contributed by atoms with Crippen molar-refractivity contribution < 1.29 is 9.32 Å². The Labute approximate surface area is 174 Å². The summed E-state index contributed by atoms with van der Waals surface area (Å²) in [6.45, 7) is 5.81. The number of aromatic nitrogens is 4. The Kier molecular flexibility index (Phi) is 5.74. The molecule has 0 radical (unpaired) electrons. The quantitative estimate of drug-likeness (QED) is 0.645. The summed E-state index contributed by atoms with van der Waals surface area (Å²) >= 11 is 0. The monoisotopic (exact) mass is 407 g/mol. The minimum atomic E-state index is -0.286. The van der Waals surface area contributed by atoms with Gasteiger partial charge in [-0.15, -0.1) is 0 Å². The molecule has 3 heterocycles. The summed E-state index contributed by atoms with van der Waals surface area (Å²) in [5.41, 5.74) is 0.745. The van der Waals surface area contributed by atoms with Gasteiger partial charge in [-0.2, -0.15) is 4.98 Å². The van der Waals surface area contributed by atoms with Gasteiger partial charge in [0.15, 0.2) is 0 Å². The van der Waals surface area contributed by atoms with Gasteiger partial charge in [-0.05, 0) is 25.7 Å². The molecule has 1 aliphatic heterocycles. The maximum atomic E-state index is 13.0. The molecule has 0 bridgehead atoms. The summed E-state index contributed by atoms with van der Waals surface area (Å²) in [7, 11) is 0. The van der Waals surface area contributed by atoms with Crippen molar-refractivity contribution in [1.29, 1.82) is 0 Å². The minimum absolute atomic E-state index is 0.0720. The fourth-order valence-corrected chi connectivity index (χ4v) is 3.65. The highest BCUT2D eigenvalue weighted by Crippen LogP contribution is 2.20. The van der Waals surface area contributed by atoms with Crippen molar-refractivity contribution in [3.8, 4) is 22.8 Å². The SMILES string of the molecule is Cc1ncc(-c2nc(-c3ccccc3)no2)c(=O)n1CCC(=O)N1CCC(C)CC1. The highest BCUT2D eigenvalue weighted by atomic mass is 16.5. The number of piperidine rings is 1. The molecule has 30 heavy (non-hydrogen) atoms. The summed E-state index contributed by atoms with van der Waals surface area (Å²) in [4.78, 5) is 36.2. The van der Waals surface area contributed by atoms with Crippen molar-refractivity contribution in [3.63, 3.8) is 0 Å². The largest absolute Gasteiger partial charge is 0.343 e. The molecule has 1 aromatic carbocycles. The number of benzene rings is 1. The van der Waals surface area contributed by atoms with Gasteiger partial charge in [0.05, 0.1) is 0 Å². The number of amides is 1. The number of likely N-dealkylation sites (tertiary alicyclic amines) is 1. The van der Waals surface area contributed by atoms with Crippen LogP contribution in [0.1, 0.15) is 32.0 Å². The number of carbonyl (C=O) groups excluding carboxylic acids is 1. The highest BCUT2D eigenvalue weighted by Gasteiger charge is 2.21. The van der Waals surface area contributed by atoms with Gasteiger partial charge in [-0.3, -0.25) is 14.2 Å². The molecule has 0 spiro atoms. The molecule has 2 aromatic heterocycles. The third-order valence-corrected chi connectivity index (χ3v) is 5.62. The Morgan fingerprint density at radius 1 is 1.20 bits per heavy atom. The van der Waals surface area contributed by atoms with Crippen molar-refractivity contribution in [1.82, 2.24) is 24.6 Å². The van der Waals surface area contributed by atoms with Crippen LogP contribution >= 0.6 is 0 Å². The second kappa shape index (κ2) is 8.61. The number of rotatable bonds is 5. The smallest absolute Gasteiger partial charge is 0.266 e. The fourth-order valence-electron chi connectivity index (χ4n) is 3.65. The molecule has 8 nitrogen and oxygen atoms in total. The lowest BCUT2D eigenvalue weighted by Crippen LogP contribution is -2.38. The first kappa shape index (κ1) is 20.0. The second-order valence-corrected chi connectivity index (χ2v) is 7.78. The molecule has 0 unspecified atom stereocenters. The van der Waals surface area contributed by atoms with Crippen LogP contribution in [0.15, 0.2) is 45.8 Å². The molecule has 1 fully saturated rings. The highest BCUT2D eigenvalue weighted by molar-refractivity contribution is 5.76. The maximum Gasteiger partial charge on any atom is 0.266 e. The topological polar surface area (TPSA) is 94.1 Å². The first-order valence-corrected chi connectivity index (χ1v) is 10.3. The van der Waals surface area contributed by atoms with Crippen LogP contribution in [-0.2, 0) is 11.3 Å². The van der Waals surface area contributed by atoms with Crippen molar-refractivity contribution >= 4 is 5.91 Å². The van der Waals surface area contributed by atoms with Crippen molar-refractivity contribution in [2.24, 2.45) is 5.92 Å². The normalized spacial score (nSPS) is 14.8. The van der Waals surface area contributed by atoms with E-state index in [1.807, 2.05) is 35.2 Å². The van der Waals surface area contributed by atoms with Gasteiger partial charge in [-0.25, -0.2) is 4.98 Å². The van der Waals surface area contributed by atoms with Crippen LogP contribution in [0.3, 0.4) is 0 Å². The Hall–Kier alpha value is -3.29. The van der Waals surface area contributed by atoms with Crippen LogP contribution in [0, 0.1) is 12.8 Å². The van der Waals surface area contributed by atoms with Gasteiger partial charge >= 0.3 is 0 Å². The first-order chi connectivity index (χ1) is 14.5. The second-order valence-electron chi connectivity index (χ2n) is 7.78. The molecule has 0 atom stereocenters. The van der Waals surface area contributed by atoms with Crippen molar-refractivity contribution in [3.05, 3.63) is 52.7 Å². The summed E-state index contributed by atoms with van der Waals surface area (Å²) < 4.78 is 6.83. The average Bonchev–Trinajstić information content (AvgIpc) is 3.24. The fraction of sp³-hybridized carbons (Fsp3) is 0.409. The van der Waals surface area contributed by atoms with E-state index in [0.717, 1.165) is 31.5 Å². The van der Waals surface area contributed by atoms with E-state index in [2.05, 4.69) is 22.0 Å². The molecule has 4 rings (SSSR count). The lowest BCUT2D eigenvalue weighted by atomic mass is 9.99. The van der Waals surface area contributed by atoms with Crippen molar-refractivity contribution in [2.45, 2.75) is 39.7 Å². The standard InChI is InChI=1S/C22H25N5O3/c1-15-8-11-26(12-9-15)19(28)10-13-27-16(2)23-14-18(22(27)29)21-24-20(25-30-21)17-6-4-3-5-7-17/h3-7,14-15H,8-13H2,1-2H3. The molecule has 0 saturated carbocycles. The lowest BCUT2D eigenvalue weighted by molar-refractivity contribution is -0.132. The van der Waals surface area contributed by atoms with Crippen LogP contribution < -0.4 is 5.56 Å². The number of hydrogen-bond donors (Lipinski definition) is 0. The summed E-state index contributed by atoms with van der Waals surface area (Å²) in [5, 5.41) is 3.97. The van der Waals surface area contributed by atoms with E-state index < -0.39 is 0 Å². The zero-order valence-corrected chi connectivity index (χ0v) is 17.2. The molecule has 156 valence electrons. The van der Waals surface area contributed by atoms with E-state index in [4.69, 9.17) is 4.52 Å². The number of carbonyl (C=O) groups is 1. The maximum absolute atomic E-state index is 13.0. The number of hydrogen-bond acceptors (Lipinski definition) is 6. The van der Waals surface area contributed by atoms with E-state index in [1.54, 1.807) is 6.92 Å². The Balaban J connectivity index is 1.52. The Bertz CT molecular complexity index is 1080. The third kappa shape index (κ3) is 4.17. The van der Waals surface area contributed by atoms with Crippen LogP contribution in [0.4, 0.5) is 0 Å². The van der Waals surface area contributed by atoms with Crippen LogP contribution in [0.25, 0.3) is 22.8 Å². The molecule has 1 amide bonds. The molecule has 1 saturated heterocycles. The molecule has 8 heteroatoms. The molecule has 0 N–H and O–H groups in total. The summed E-state index contributed by atoms with van der Waals surface area (Å²) in [6.07, 6.45) is 3.77. The van der Waals surface area contributed by atoms with Crippen LogP contribution in [0.5, 0.6) is 0 Å². The molecule has 0 aliphatic carbocycles. The number of nitrogens with zero attached hydrogens (tertiary/aromatic N) is 5. The Morgan fingerprint density at radius 2 is 1.93 bits per heavy atom. The van der Waals surface area contributed by atoms with E-state index in [-0.39, 0.29) is 35.9 Å². The van der Waals surface area contributed by atoms with Crippen LogP contribution in [-0.4, -0.2) is 43.6 Å². The van der Waals surface area contributed by atoms with Gasteiger partial charge in [0.25, 0.3) is 11.4 Å². The zero-order valence-electron chi connectivity index (χ0n) is 17.2. The predicted octanol–water partition coefficient (Wildman–Crippen LogP) is 2.92. The predicted molar refractivity (Wildman–Crippen MR) is 112 cm³/mol. The van der Waals surface area contributed by atoms with Gasteiger partial charge in [0.2, 0.25) is 11.7 Å². The minimum Gasteiger partial charge on any atom is -0.343 e.